The van der Waals surface area contributed by atoms with Crippen LogP contribution >= 0.6 is 0 Å². The van der Waals surface area contributed by atoms with Crippen LogP contribution < -0.4 is 10.1 Å². The number of aromatic nitrogens is 2. The Morgan fingerprint density at radius 3 is 2.68 bits per heavy atom. The molecule has 2 aromatic rings. The Bertz CT molecular complexity index is 548. The van der Waals surface area contributed by atoms with Crippen LogP contribution in [0.4, 0.5) is 0 Å². The molecule has 1 aromatic heterocycles. The van der Waals surface area contributed by atoms with Crippen molar-refractivity contribution in [2.75, 3.05) is 14.2 Å². The summed E-state index contributed by atoms with van der Waals surface area (Å²) in [7, 11) is 3.67. The van der Waals surface area contributed by atoms with Crippen LogP contribution in [0.5, 0.6) is 5.75 Å². The summed E-state index contributed by atoms with van der Waals surface area (Å²) < 4.78 is 7.41. The van der Waals surface area contributed by atoms with E-state index >= 15 is 0 Å². The van der Waals surface area contributed by atoms with E-state index in [1.165, 1.54) is 5.56 Å². The van der Waals surface area contributed by atoms with Crippen molar-refractivity contribution in [3.8, 4) is 5.75 Å². The molecular formula is C15H21N3O. The van der Waals surface area contributed by atoms with E-state index in [9.17, 15) is 0 Å². The molecule has 1 aromatic carbocycles. The summed E-state index contributed by atoms with van der Waals surface area (Å²) in [6.07, 6.45) is 2.00. The molecule has 0 saturated heterocycles. The van der Waals surface area contributed by atoms with Crippen molar-refractivity contribution in [1.29, 1.82) is 0 Å². The van der Waals surface area contributed by atoms with Crippen molar-refractivity contribution in [3.05, 3.63) is 47.3 Å². The first kappa shape index (κ1) is 13.6. The number of nitrogens with one attached hydrogen (secondary N) is 1. The monoisotopic (exact) mass is 259 g/mol. The van der Waals surface area contributed by atoms with Gasteiger partial charge in [-0.2, -0.15) is 5.10 Å². The molecule has 0 saturated carbocycles. The summed E-state index contributed by atoms with van der Waals surface area (Å²) in [5, 5.41) is 7.77. The van der Waals surface area contributed by atoms with Gasteiger partial charge in [0.15, 0.2) is 0 Å². The predicted octanol–water partition coefficient (Wildman–Crippen LogP) is 2.47. The normalized spacial score (nSPS) is 12.4. The molecule has 1 atom stereocenters. The van der Waals surface area contributed by atoms with Gasteiger partial charge in [0, 0.05) is 11.8 Å². The zero-order valence-corrected chi connectivity index (χ0v) is 12.0. The fourth-order valence-corrected chi connectivity index (χ4v) is 2.22. The van der Waals surface area contributed by atoms with Crippen molar-refractivity contribution in [2.45, 2.75) is 26.4 Å². The van der Waals surface area contributed by atoms with Crippen LogP contribution in [-0.4, -0.2) is 23.9 Å². The molecule has 1 N–H and O–H groups in total. The van der Waals surface area contributed by atoms with E-state index in [2.05, 4.69) is 29.5 Å². The van der Waals surface area contributed by atoms with Crippen LogP contribution in [0.15, 0.2) is 30.5 Å². The molecule has 1 heterocycles. The zero-order valence-electron chi connectivity index (χ0n) is 12.0. The Morgan fingerprint density at radius 1 is 1.32 bits per heavy atom. The van der Waals surface area contributed by atoms with Crippen molar-refractivity contribution in [3.63, 3.8) is 0 Å². The lowest BCUT2D eigenvalue weighted by Crippen LogP contribution is -2.23. The summed E-state index contributed by atoms with van der Waals surface area (Å²) in [6.45, 7) is 4.87. The molecule has 0 fully saturated rings. The number of methoxy groups -OCH3 is 1. The molecule has 4 heteroatoms. The second-order valence-corrected chi connectivity index (χ2v) is 4.77. The van der Waals surface area contributed by atoms with Gasteiger partial charge in [0.25, 0.3) is 0 Å². The number of benzene rings is 1. The van der Waals surface area contributed by atoms with Gasteiger partial charge in [-0.25, -0.2) is 0 Å². The highest BCUT2D eigenvalue weighted by atomic mass is 16.5. The maximum absolute atomic E-state index is 5.46. The summed E-state index contributed by atoms with van der Waals surface area (Å²) in [4.78, 5) is 0. The molecular weight excluding hydrogens is 238 g/mol. The van der Waals surface area contributed by atoms with Gasteiger partial charge in [0.1, 0.15) is 5.75 Å². The van der Waals surface area contributed by atoms with E-state index in [0.717, 1.165) is 23.6 Å². The number of ether oxygens (including phenoxy) is 1. The third-order valence-electron chi connectivity index (χ3n) is 3.25. The topological polar surface area (TPSA) is 39.1 Å². The molecule has 0 radical (unpaired) electrons. The fraction of sp³-hybridized carbons (Fsp3) is 0.400. The first-order valence-corrected chi connectivity index (χ1v) is 6.46. The molecule has 4 nitrogen and oxygen atoms in total. The van der Waals surface area contributed by atoms with Crippen molar-refractivity contribution < 1.29 is 4.74 Å². The molecule has 19 heavy (non-hydrogen) atoms. The SMILES string of the molecule is CNC(Cn1ccc(C)n1)c1cc(C)ccc1OC. The predicted molar refractivity (Wildman–Crippen MR) is 76.5 cm³/mol. The fourth-order valence-electron chi connectivity index (χ4n) is 2.22. The Hall–Kier alpha value is -1.81. The van der Waals surface area contributed by atoms with Crippen molar-refractivity contribution in [2.24, 2.45) is 0 Å². The number of aryl methyl sites for hydroxylation is 2. The first-order chi connectivity index (χ1) is 9.13. The number of likely N-dealkylation sites (N-methyl/N-ethyl adjacent to an activating group) is 1. The number of hydrogen-bond acceptors (Lipinski definition) is 3. The Labute approximate surface area is 114 Å². The zero-order chi connectivity index (χ0) is 13.8. The van der Waals surface area contributed by atoms with E-state index in [1.54, 1.807) is 7.11 Å². The Kier molecular flexibility index (Phi) is 4.22. The van der Waals surface area contributed by atoms with Gasteiger partial charge in [-0.3, -0.25) is 4.68 Å². The summed E-state index contributed by atoms with van der Waals surface area (Å²) in [6, 6.07) is 8.43. The Balaban J connectivity index is 2.28. The average Bonchev–Trinajstić information content (AvgIpc) is 2.81. The third-order valence-corrected chi connectivity index (χ3v) is 3.25. The van der Waals surface area contributed by atoms with Gasteiger partial charge in [0.2, 0.25) is 0 Å². The largest absolute Gasteiger partial charge is 0.496 e. The highest BCUT2D eigenvalue weighted by molar-refractivity contribution is 5.39. The maximum atomic E-state index is 5.46. The minimum absolute atomic E-state index is 0.175. The van der Waals surface area contributed by atoms with Gasteiger partial charge >= 0.3 is 0 Å². The number of hydrogen-bond donors (Lipinski definition) is 1. The maximum Gasteiger partial charge on any atom is 0.123 e. The molecule has 0 spiro atoms. The van der Waals surface area contributed by atoms with Crippen molar-refractivity contribution in [1.82, 2.24) is 15.1 Å². The van der Waals surface area contributed by atoms with Crippen molar-refractivity contribution >= 4 is 0 Å². The molecule has 0 aliphatic rings. The smallest absolute Gasteiger partial charge is 0.123 e. The van der Waals surface area contributed by atoms with E-state index in [0.29, 0.717) is 0 Å². The van der Waals surface area contributed by atoms with Crippen LogP contribution in [0.1, 0.15) is 22.9 Å². The van der Waals surface area contributed by atoms with Crippen LogP contribution in [0, 0.1) is 13.8 Å². The van der Waals surface area contributed by atoms with Crippen LogP contribution in [0.3, 0.4) is 0 Å². The van der Waals surface area contributed by atoms with Crippen LogP contribution in [0.2, 0.25) is 0 Å². The summed E-state index contributed by atoms with van der Waals surface area (Å²) >= 11 is 0. The molecule has 2 rings (SSSR count). The quantitative estimate of drug-likeness (QED) is 0.896. The highest BCUT2D eigenvalue weighted by Crippen LogP contribution is 2.27. The minimum Gasteiger partial charge on any atom is -0.496 e. The first-order valence-electron chi connectivity index (χ1n) is 6.46. The van der Waals surface area contributed by atoms with E-state index in [-0.39, 0.29) is 6.04 Å². The second-order valence-electron chi connectivity index (χ2n) is 4.77. The van der Waals surface area contributed by atoms with Gasteiger partial charge in [0.05, 0.1) is 25.4 Å². The highest BCUT2D eigenvalue weighted by Gasteiger charge is 2.15. The minimum atomic E-state index is 0.175. The second kappa shape index (κ2) is 5.89. The summed E-state index contributed by atoms with van der Waals surface area (Å²) in [5.41, 5.74) is 3.43. The lowest BCUT2D eigenvalue weighted by molar-refractivity contribution is 0.390. The van der Waals surface area contributed by atoms with Gasteiger partial charge in [-0.05, 0) is 33.0 Å². The molecule has 0 bridgehead atoms. The van der Waals surface area contributed by atoms with E-state index in [1.807, 2.05) is 37.0 Å². The van der Waals surface area contributed by atoms with E-state index < -0.39 is 0 Å². The molecule has 0 aliphatic heterocycles. The molecule has 0 aliphatic carbocycles. The number of rotatable bonds is 5. The Morgan fingerprint density at radius 2 is 2.11 bits per heavy atom. The third kappa shape index (κ3) is 3.15. The average molecular weight is 259 g/mol. The number of nitrogens with zero attached hydrogens (tertiary/aromatic N) is 2. The lowest BCUT2D eigenvalue weighted by Gasteiger charge is -2.20. The molecule has 1 unspecified atom stereocenters. The van der Waals surface area contributed by atoms with Crippen LogP contribution in [-0.2, 0) is 6.54 Å². The standard InChI is InChI=1S/C15H21N3O/c1-11-5-6-15(19-4)13(9-11)14(16-3)10-18-8-7-12(2)17-18/h5-9,14,16H,10H2,1-4H3. The van der Waals surface area contributed by atoms with E-state index in [4.69, 9.17) is 4.74 Å². The molecule has 102 valence electrons. The van der Waals surface area contributed by atoms with Gasteiger partial charge in [-0.15, -0.1) is 0 Å². The summed E-state index contributed by atoms with van der Waals surface area (Å²) in [5.74, 6) is 0.911. The lowest BCUT2D eigenvalue weighted by atomic mass is 10.0. The van der Waals surface area contributed by atoms with Gasteiger partial charge in [-0.1, -0.05) is 17.7 Å². The molecule has 0 amide bonds. The van der Waals surface area contributed by atoms with Crippen LogP contribution in [0.25, 0.3) is 0 Å². The van der Waals surface area contributed by atoms with Gasteiger partial charge < -0.3 is 10.1 Å².